The molecule has 0 unspecified atom stereocenters. The Morgan fingerprint density at radius 3 is 2.58 bits per heavy atom. The molecular formula is C13H15N3O2S. The zero-order chi connectivity index (χ0) is 14.0. The summed E-state index contributed by atoms with van der Waals surface area (Å²) < 4.78 is 27.1. The summed E-state index contributed by atoms with van der Waals surface area (Å²) in [6.07, 6.45) is 1.54. The Morgan fingerprint density at radius 2 is 1.89 bits per heavy atom. The van der Waals surface area contributed by atoms with Gasteiger partial charge in [-0.15, -0.1) is 0 Å². The van der Waals surface area contributed by atoms with Gasteiger partial charge in [0.05, 0.1) is 4.90 Å². The average molecular weight is 277 g/mol. The van der Waals surface area contributed by atoms with E-state index in [-0.39, 0.29) is 4.90 Å². The second-order valence-corrected chi connectivity index (χ2v) is 5.90. The first-order valence-corrected chi connectivity index (χ1v) is 7.19. The van der Waals surface area contributed by atoms with Crippen molar-refractivity contribution >= 4 is 21.5 Å². The fourth-order valence-corrected chi connectivity index (χ4v) is 3.05. The number of anilines is 2. The Kier molecular flexibility index (Phi) is 3.44. The zero-order valence-electron chi connectivity index (χ0n) is 10.7. The highest BCUT2D eigenvalue weighted by atomic mass is 32.2. The number of nitrogens with two attached hydrogens (primary N) is 1. The van der Waals surface area contributed by atoms with Crippen LogP contribution in [0.25, 0.3) is 0 Å². The molecule has 5 nitrogen and oxygen atoms in total. The lowest BCUT2D eigenvalue weighted by molar-refractivity contribution is 0.600. The van der Waals surface area contributed by atoms with Gasteiger partial charge in [-0.2, -0.15) is 0 Å². The number of hydrogen-bond donors (Lipinski definition) is 2. The standard InChI is InChI=1S/C13H15N3O2S/c1-9-5-4-8-15-13(9)16-19(17,18)12-7-3-6-11(14)10(12)2/h3-8H,14H2,1-2H3,(H,15,16). The van der Waals surface area contributed by atoms with Crippen LogP contribution < -0.4 is 10.5 Å². The maximum atomic E-state index is 12.3. The molecule has 0 fully saturated rings. The second kappa shape index (κ2) is 4.89. The molecule has 0 aliphatic rings. The predicted molar refractivity (Wildman–Crippen MR) is 75.4 cm³/mol. The number of pyridine rings is 1. The van der Waals surface area contributed by atoms with Gasteiger partial charge in [-0.1, -0.05) is 12.1 Å². The van der Waals surface area contributed by atoms with E-state index in [9.17, 15) is 8.42 Å². The Bertz CT molecular complexity index is 712. The molecule has 0 amide bonds. The number of aromatic nitrogens is 1. The highest BCUT2D eigenvalue weighted by Crippen LogP contribution is 2.23. The molecule has 0 saturated carbocycles. The lowest BCUT2D eigenvalue weighted by Gasteiger charge is -2.12. The number of aryl methyl sites for hydroxylation is 1. The van der Waals surface area contributed by atoms with Crippen LogP contribution >= 0.6 is 0 Å². The van der Waals surface area contributed by atoms with E-state index in [1.165, 1.54) is 12.3 Å². The third-order valence-electron chi connectivity index (χ3n) is 2.86. The molecule has 3 N–H and O–H groups in total. The summed E-state index contributed by atoms with van der Waals surface area (Å²) in [7, 11) is -3.68. The van der Waals surface area contributed by atoms with Gasteiger partial charge in [-0.3, -0.25) is 4.72 Å². The normalized spacial score (nSPS) is 11.3. The van der Waals surface area contributed by atoms with Crippen molar-refractivity contribution in [3.63, 3.8) is 0 Å². The smallest absolute Gasteiger partial charge is 0.263 e. The monoisotopic (exact) mass is 277 g/mol. The summed E-state index contributed by atoms with van der Waals surface area (Å²) in [6.45, 7) is 3.46. The van der Waals surface area contributed by atoms with Gasteiger partial charge >= 0.3 is 0 Å². The second-order valence-electron chi connectivity index (χ2n) is 4.24. The molecule has 0 saturated heterocycles. The molecule has 0 spiro atoms. The molecule has 1 heterocycles. The maximum absolute atomic E-state index is 12.3. The van der Waals surface area contributed by atoms with Crippen molar-refractivity contribution in [2.24, 2.45) is 0 Å². The highest BCUT2D eigenvalue weighted by molar-refractivity contribution is 7.92. The van der Waals surface area contributed by atoms with Crippen LogP contribution in [0.4, 0.5) is 11.5 Å². The van der Waals surface area contributed by atoms with E-state index in [1.54, 1.807) is 38.1 Å². The van der Waals surface area contributed by atoms with Crippen molar-refractivity contribution in [1.82, 2.24) is 4.98 Å². The van der Waals surface area contributed by atoms with Crippen molar-refractivity contribution in [3.8, 4) is 0 Å². The van der Waals surface area contributed by atoms with Gasteiger partial charge in [0.25, 0.3) is 10.0 Å². The summed E-state index contributed by atoms with van der Waals surface area (Å²) in [6, 6.07) is 8.34. The first kappa shape index (κ1) is 13.4. The maximum Gasteiger partial charge on any atom is 0.263 e. The molecule has 100 valence electrons. The largest absolute Gasteiger partial charge is 0.398 e. The van der Waals surface area contributed by atoms with Crippen molar-refractivity contribution in [2.75, 3.05) is 10.5 Å². The van der Waals surface area contributed by atoms with Crippen molar-refractivity contribution < 1.29 is 8.42 Å². The fourth-order valence-electron chi connectivity index (χ4n) is 1.70. The van der Waals surface area contributed by atoms with Crippen LogP contribution in [0.2, 0.25) is 0 Å². The molecule has 6 heteroatoms. The minimum atomic E-state index is -3.68. The van der Waals surface area contributed by atoms with Gasteiger partial charge in [0, 0.05) is 11.9 Å². The quantitative estimate of drug-likeness (QED) is 0.841. The SMILES string of the molecule is Cc1cccnc1NS(=O)(=O)c1cccc(N)c1C. The van der Waals surface area contributed by atoms with Gasteiger partial charge in [-0.25, -0.2) is 13.4 Å². The topological polar surface area (TPSA) is 85.1 Å². The molecule has 0 aliphatic heterocycles. The van der Waals surface area contributed by atoms with E-state index in [0.717, 1.165) is 5.56 Å². The first-order valence-electron chi connectivity index (χ1n) is 5.71. The third kappa shape index (κ3) is 2.68. The molecule has 1 aromatic heterocycles. The van der Waals surface area contributed by atoms with Gasteiger partial charge < -0.3 is 5.73 Å². The number of benzene rings is 1. The van der Waals surface area contributed by atoms with Crippen LogP contribution in [0.15, 0.2) is 41.4 Å². The highest BCUT2D eigenvalue weighted by Gasteiger charge is 2.19. The Balaban J connectivity index is 2.44. The summed E-state index contributed by atoms with van der Waals surface area (Å²) in [5, 5.41) is 0. The van der Waals surface area contributed by atoms with Crippen LogP contribution in [-0.4, -0.2) is 13.4 Å². The molecule has 0 aliphatic carbocycles. The average Bonchev–Trinajstić information content (AvgIpc) is 2.35. The Hall–Kier alpha value is -2.08. The Labute approximate surface area is 112 Å². The minimum absolute atomic E-state index is 0.164. The number of nitrogen functional groups attached to an aromatic ring is 1. The molecule has 0 bridgehead atoms. The molecule has 1 aromatic carbocycles. The molecular weight excluding hydrogens is 262 g/mol. The number of nitrogens with one attached hydrogen (secondary N) is 1. The predicted octanol–water partition coefficient (Wildman–Crippen LogP) is 2.08. The van der Waals surface area contributed by atoms with Gasteiger partial charge in [0.1, 0.15) is 5.82 Å². The lowest BCUT2D eigenvalue weighted by atomic mass is 10.2. The van der Waals surface area contributed by atoms with E-state index in [1.807, 2.05) is 0 Å². The van der Waals surface area contributed by atoms with E-state index in [2.05, 4.69) is 9.71 Å². The number of nitrogens with zero attached hydrogens (tertiary/aromatic N) is 1. The van der Waals surface area contributed by atoms with Crippen LogP contribution in [0, 0.1) is 13.8 Å². The van der Waals surface area contributed by atoms with E-state index >= 15 is 0 Å². The summed E-state index contributed by atoms with van der Waals surface area (Å²) in [5.74, 6) is 0.323. The summed E-state index contributed by atoms with van der Waals surface area (Å²) in [4.78, 5) is 4.18. The van der Waals surface area contributed by atoms with Crippen LogP contribution in [0.5, 0.6) is 0 Å². The van der Waals surface area contributed by atoms with Crippen molar-refractivity contribution in [1.29, 1.82) is 0 Å². The van der Waals surface area contributed by atoms with Gasteiger partial charge in [0.2, 0.25) is 0 Å². The number of sulfonamides is 1. The first-order chi connectivity index (χ1) is 8.92. The van der Waals surface area contributed by atoms with Crippen LogP contribution in [0.3, 0.4) is 0 Å². The molecule has 0 atom stereocenters. The molecule has 19 heavy (non-hydrogen) atoms. The molecule has 0 radical (unpaired) electrons. The van der Waals surface area contributed by atoms with E-state index in [0.29, 0.717) is 17.1 Å². The van der Waals surface area contributed by atoms with Crippen molar-refractivity contribution in [2.45, 2.75) is 18.7 Å². The lowest BCUT2D eigenvalue weighted by Crippen LogP contribution is -2.16. The van der Waals surface area contributed by atoms with Crippen LogP contribution in [-0.2, 0) is 10.0 Å². The zero-order valence-corrected chi connectivity index (χ0v) is 11.5. The number of hydrogen-bond acceptors (Lipinski definition) is 4. The summed E-state index contributed by atoms with van der Waals surface area (Å²) in [5.41, 5.74) is 7.47. The Morgan fingerprint density at radius 1 is 1.16 bits per heavy atom. The van der Waals surface area contributed by atoms with Gasteiger partial charge in [0.15, 0.2) is 0 Å². The van der Waals surface area contributed by atoms with Crippen LogP contribution in [0.1, 0.15) is 11.1 Å². The van der Waals surface area contributed by atoms with Crippen molar-refractivity contribution in [3.05, 3.63) is 47.7 Å². The minimum Gasteiger partial charge on any atom is -0.398 e. The third-order valence-corrected chi connectivity index (χ3v) is 4.34. The van der Waals surface area contributed by atoms with E-state index in [4.69, 9.17) is 5.73 Å². The summed E-state index contributed by atoms with van der Waals surface area (Å²) >= 11 is 0. The molecule has 2 aromatic rings. The number of rotatable bonds is 3. The molecule has 2 rings (SSSR count). The van der Waals surface area contributed by atoms with E-state index < -0.39 is 10.0 Å². The fraction of sp³-hybridized carbons (Fsp3) is 0.154. The van der Waals surface area contributed by atoms with Gasteiger partial charge in [-0.05, 0) is 43.2 Å².